The number of nitrogens with zero attached hydrogens (tertiary/aromatic N) is 6. The molecule has 0 saturated heterocycles. The van der Waals surface area contributed by atoms with Crippen molar-refractivity contribution in [1.29, 1.82) is 0 Å². The van der Waals surface area contributed by atoms with Crippen LogP contribution in [0.5, 0.6) is 0 Å². The Morgan fingerprint density at radius 1 is 0.185 bits per heavy atom. The molecule has 0 unspecified atom stereocenters. The van der Waals surface area contributed by atoms with Gasteiger partial charge in [-0.2, -0.15) is 0 Å². The summed E-state index contributed by atoms with van der Waals surface area (Å²) < 4.78 is 20.7. The second-order valence-corrected chi connectivity index (χ2v) is 37.7. The fourth-order valence-electron chi connectivity index (χ4n) is 22.4. The minimum absolute atomic E-state index is 0.0468. The van der Waals surface area contributed by atoms with Crippen LogP contribution in [-0.4, -0.2) is 6.71 Å². The first-order valence-corrected chi connectivity index (χ1v) is 50.0. The lowest BCUT2D eigenvalue weighted by molar-refractivity contribution is 0.619. The first-order chi connectivity index (χ1) is 72.2. The van der Waals surface area contributed by atoms with E-state index in [0.29, 0.717) is 0 Å². The molecule has 0 N–H and O–H groups in total. The van der Waals surface area contributed by atoms with Crippen LogP contribution in [-0.2, 0) is 10.8 Å². The Kier molecular flexibility index (Phi) is 23.2. The van der Waals surface area contributed by atoms with E-state index in [-0.39, 0.29) is 12.1 Å². The van der Waals surface area contributed by atoms with E-state index < -0.39 is 5.41 Å². The average molecular weight is 1880 g/mol. The summed E-state index contributed by atoms with van der Waals surface area (Å²) in [5, 5.41) is 3.38. The van der Waals surface area contributed by atoms with Gasteiger partial charge in [0.2, 0.25) is 6.71 Å². The monoisotopic (exact) mass is 1870 g/mol. The van der Waals surface area contributed by atoms with Crippen LogP contribution in [0.25, 0.3) is 66.9 Å². The smallest absolute Gasteiger partial charge is 0.248 e. The molecule has 1 aliphatic heterocycles. The van der Waals surface area contributed by atoms with E-state index in [1.165, 1.54) is 44.2 Å². The third kappa shape index (κ3) is 16.0. The van der Waals surface area contributed by atoms with Crippen LogP contribution in [0.3, 0.4) is 0 Å². The number of para-hydroxylation sites is 12. The van der Waals surface area contributed by atoms with E-state index in [2.05, 4.69) is 607 Å². The molecule has 3 aromatic heterocycles. The molecule has 0 spiro atoms. The van der Waals surface area contributed by atoms with E-state index in [0.717, 1.165) is 175 Å². The van der Waals surface area contributed by atoms with Crippen molar-refractivity contribution in [3.63, 3.8) is 0 Å². The summed E-state index contributed by atoms with van der Waals surface area (Å²) in [5.74, 6) is 2.81. The van der Waals surface area contributed by atoms with Gasteiger partial charge >= 0.3 is 0 Å². The Hall–Kier alpha value is -18.9. The molecule has 0 amide bonds. The van der Waals surface area contributed by atoms with Crippen molar-refractivity contribution in [2.75, 3.05) is 29.4 Å². The molecule has 9 nitrogen and oxygen atoms in total. The lowest BCUT2D eigenvalue weighted by Gasteiger charge is -2.34. The second-order valence-electron chi connectivity index (χ2n) is 37.7. The maximum absolute atomic E-state index is 7.09. The topological polar surface area (TPSA) is 58.9 Å². The predicted octanol–water partition coefficient (Wildman–Crippen LogP) is 35.3. The molecular formula is C136H99BN6O3. The SMILES string of the molecule is CC1(C)c2ccc(N(c3ccccc3)c3ccccc3)cc2-c2oc3ccc(N(c4ccccc4)c4ccccc4)cc3c21.c1ccc(B2c3ccc(N(c4ccccc4)c4ccccc4)cc3-c3oc4ccc(N(c5ccccc5)c5ccccc5)cc4c32)cc1.c1ccc(N(c2ccccc2)c2ccc3c(c2)-c2oc4ccc(N(c5ccccc5)c5ccccc5)cc4c2C3(c2ccccc2)c2ccccc2)cc1. The van der Waals surface area contributed by atoms with Crippen LogP contribution in [0.2, 0.25) is 0 Å². The van der Waals surface area contributed by atoms with Gasteiger partial charge < -0.3 is 42.7 Å². The van der Waals surface area contributed by atoms with Crippen molar-refractivity contribution in [3.05, 3.63) is 598 Å². The zero-order chi connectivity index (χ0) is 97.4. The van der Waals surface area contributed by atoms with Crippen LogP contribution < -0.4 is 45.8 Å². The zero-order valence-electron chi connectivity index (χ0n) is 80.7. The third-order valence-corrected chi connectivity index (χ3v) is 28.8. The summed E-state index contributed by atoms with van der Waals surface area (Å²) in [4.78, 5) is 13.9. The van der Waals surface area contributed by atoms with Crippen molar-refractivity contribution in [2.24, 2.45) is 0 Å². The van der Waals surface area contributed by atoms with Crippen molar-refractivity contribution >= 4 is 158 Å². The fraction of sp³-hybridized carbons (Fsp3) is 0.0294. The average Bonchev–Trinajstić information content (AvgIpc) is 1.51. The van der Waals surface area contributed by atoms with Gasteiger partial charge in [0.1, 0.15) is 34.0 Å². The highest BCUT2D eigenvalue weighted by Gasteiger charge is 2.51. The van der Waals surface area contributed by atoms with Gasteiger partial charge in [0, 0.05) is 152 Å². The first-order valence-electron chi connectivity index (χ1n) is 50.0. The second kappa shape index (κ2) is 38.3. The quantitative estimate of drug-likeness (QED) is 0.0655. The summed E-state index contributed by atoms with van der Waals surface area (Å²) in [6.45, 7) is 4.68. The van der Waals surface area contributed by atoms with Crippen molar-refractivity contribution in [2.45, 2.75) is 24.7 Å². The van der Waals surface area contributed by atoms with Gasteiger partial charge in [-0.25, -0.2) is 0 Å². The number of anilines is 18. The Morgan fingerprint density at radius 3 is 0.726 bits per heavy atom. The lowest BCUT2D eigenvalue weighted by atomic mass is 9.38. The minimum Gasteiger partial charge on any atom is -0.457 e. The third-order valence-electron chi connectivity index (χ3n) is 28.8. The van der Waals surface area contributed by atoms with Gasteiger partial charge in [0.15, 0.2) is 0 Å². The predicted molar refractivity (Wildman–Crippen MR) is 608 cm³/mol. The molecular weight excluding hydrogens is 1780 g/mol. The summed E-state index contributed by atoms with van der Waals surface area (Å²) in [5.41, 5.74) is 36.0. The molecule has 694 valence electrons. The molecule has 146 heavy (non-hydrogen) atoms. The summed E-state index contributed by atoms with van der Waals surface area (Å²) >= 11 is 0. The van der Waals surface area contributed by atoms with Crippen molar-refractivity contribution < 1.29 is 13.3 Å². The zero-order valence-corrected chi connectivity index (χ0v) is 80.7. The molecule has 27 rings (SSSR count). The molecule has 0 bridgehead atoms. The number of benzene rings is 21. The molecule has 2 aliphatic carbocycles. The van der Waals surface area contributed by atoms with Crippen LogP contribution in [0, 0.1) is 0 Å². The molecule has 0 radical (unpaired) electrons. The number of fused-ring (bicyclic) bond motifs is 15. The number of hydrogen-bond donors (Lipinski definition) is 0. The largest absolute Gasteiger partial charge is 0.457 e. The minimum atomic E-state index is -0.635. The van der Waals surface area contributed by atoms with Gasteiger partial charge in [-0.05, 0) is 264 Å². The van der Waals surface area contributed by atoms with Gasteiger partial charge in [-0.15, -0.1) is 0 Å². The highest BCUT2D eigenvalue weighted by molar-refractivity contribution is 7.00. The van der Waals surface area contributed by atoms with Crippen LogP contribution in [0.1, 0.15) is 47.2 Å². The van der Waals surface area contributed by atoms with Gasteiger partial charge in [0.05, 0.1) is 5.41 Å². The Balaban J connectivity index is 0.000000115. The summed E-state index contributed by atoms with van der Waals surface area (Å²) in [6.07, 6.45) is 0. The Bertz CT molecular complexity index is 8470. The number of hydrogen-bond acceptors (Lipinski definition) is 9. The molecule has 0 saturated carbocycles. The highest BCUT2D eigenvalue weighted by atomic mass is 16.3. The molecule has 24 aromatic rings. The van der Waals surface area contributed by atoms with Crippen LogP contribution in [0.4, 0.5) is 102 Å². The van der Waals surface area contributed by atoms with Gasteiger partial charge in [-0.3, -0.25) is 0 Å². The molecule has 21 aromatic carbocycles. The lowest BCUT2D eigenvalue weighted by Crippen LogP contribution is -2.48. The normalized spacial score (nSPS) is 12.4. The van der Waals surface area contributed by atoms with Gasteiger partial charge in [-0.1, -0.05) is 352 Å². The maximum Gasteiger partial charge on any atom is 0.248 e. The Morgan fingerprint density at radius 2 is 0.411 bits per heavy atom. The maximum atomic E-state index is 7.09. The molecule has 0 fully saturated rings. The fourth-order valence-corrected chi connectivity index (χ4v) is 22.4. The first kappa shape index (κ1) is 88.5. The standard InChI is InChI=1S/C51H36N2O.C44H31BN2O.C41H32N2O/c1-7-19-37(20-8-1)51(38-21-9-2-10-22-38)47-33-31-43(52(39-23-11-3-12-24-39)40-25-13-4-14-26-40)35-45(47)50-49(51)46-36-44(32-34-48(46)54-50)53(41-27-15-5-16-28-41)42-29-17-6-18-30-42;1-6-16-32(17-7-1)45-41-28-26-37(46(33-18-8-2-9-19-33)34-20-10-3-11-21-34)30-39(41)44-43(45)40-31-38(27-29-42(40)48-44)47(35-22-12-4-13-23-35)36-24-14-5-15-25-36;1-41(2)37-25-23-33(42(29-15-7-3-8-16-29)30-17-9-4-10-18-30)27-35(37)40-39(41)36-28-34(24-26-38(36)44-40)43(31-19-11-5-12-20-31)32-21-13-6-14-22-32/h1-36H;1-31H;3-28H,1-2H3. The molecule has 10 heteroatoms. The summed E-state index contributed by atoms with van der Waals surface area (Å²) in [6, 6.07) is 200. The van der Waals surface area contributed by atoms with E-state index in [4.69, 9.17) is 13.3 Å². The van der Waals surface area contributed by atoms with E-state index >= 15 is 0 Å². The molecule has 0 atom stereocenters. The highest BCUT2D eigenvalue weighted by Crippen LogP contribution is 2.62. The van der Waals surface area contributed by atoms with Gasteiger partial charge in [0.25, 0.3) is 0 Å². The number of furan rings is 3. The van der Waals surface area contributed by atoms with Crippen LogP contribution in [0.15, 0.2) is 577 Å². The molecule has 4 heterocycles. The number of rotatable bonds is 21. The van der Waals surface area contributed by atoms with Crippen molar-refractivity contribution in [1.82, 2.24) is 0 Å². The van der Waals surface area contributed by atoms with E-state index in [1.54, 1.807) is 0 Å². The van der Waals surface area contributed by atoms with E-state index in [1.807, 2.05) is 0 Å². The van der Waals surface area contributed by atoms with Crippen molar-refractivity contribution in [3.8, 4) is 34.0 Å². The Labute approximate surface area is 851 Å². The summed E-state index contributed by atoms with van der Waals surface area (Å²) in [7, 11) is 0. The van der Waals surface area contributed by atoms with E-state index in [9.17, 15) is 0 Å². The molecule has 3 aliphatic rings. The van der Waals surface area contributed by atoms with Crippen LogP contribution >= 0.6 is 0 Å².